The molecule has 0 spiro atoms. The van der Waals surface area contributed by atoms with Gasteiger partial charge in [-0.2, -0.15) is 0 Å². The Labute approximate surface area is 614 Å². The van der Waals surface area contributed by atoms with E-state index in [-0.39, 0.29) is 25.7 Å². The second-order valence-corrected chi connectivity index (χ2v) is 26.7. The van der Waals surface area contributed by atoms with E-state index in [9.17, 15) is 43.2 Å². The fraction of sp³-hybridized carbons (Fsp3) is 0.542. The summed E-state index contributed by atoms with van der Waals surface area (Å²) < 4.78 is 68.1. The number of hydrogen-bond acceptors (Lipinski definition) is 15. The largest absolute Gasteiger partial charge is 0.472 e. The van der Waals surface area contributed by atoms with Crippen molar-refractivity contribution < 1.29 is 80.2 Å². The van der Waals surface area contributed by atoms with Crippen molar-refractivity contribution in [1.82, 2.24) is 0 Å². The predicted octanol–water partition coefficient (Wildman–Crippen LogP) is 21.5. The van der Waals surface area contributed by atoms with Crippen LogP contribution in [0, 0.1) is 0 Å². The Balaban J connectivity index is 5.55. The number of aliphatic hydroxyl groups excluding tert-OH is 1. The lowest BCUT2D eigenvalue weighted by Gasteiger charge is -2.21. The van der Waals surface area contributed by atoms with Gasteiger partial charge in [0.1, 0.15) is 19.3 Å². The van der Waals surface area contributed by atoms with Gasteiger partial charge in [-0.25, -0.2) is 9.13 Å². The van der Waals surface area contributed by atoms with Crippen molar-refractivity contribution in [1.29, 1.82) is 0 Å². The molecule has 19 heteroatoms. The minimum absolute atomic E-state index is 0.0123. The topological polar surface area (TPSA) is 237 Å². The van der Waals surface area contributed by atoms with E-state index in [1.165, 1.54) is 0 Å². The molecule has 0 saturated heterocycles. The molecule has 0 aromatic carbocycles. The van der Waals surface area contributed by atoms with Crippen molar-refractivity contribution >= 4 is 39.5 Å². The van der Waals surface area contributed by atoms with E-state index in [1.54, 1.807) is 6.08 Å². The Hall–Kier alpha value is -6.36. The second kappa shape index (κ2) is 73.0. The molecule has 0 aliphatic carbocycles. The minimum atomic E-state index is -5.02. The summed E-state index contributed by atoms with van der Waals surface area (Å²) in [7, 11) is -10.0. The highest BCUT2D eigenvalue weighted by Gasteiger charge is 2.30. The van der Waals surface area contributed by atoms with Gasteiger partial charge in [0.25, 0.3) is 0 Å². The van der Waals surface area contributed by atoms with Crippen molar-refractivity contribution in [3.63, 3.8) is 0 Å². The lowest BCUT2D eigenvalue weighted by atomic mass is 10.1. The normalized spacial score (nSPS) is 15.1. The number of aliphatic hydroxyl groups is 1. The third-order valence-corrected chi connectivity index (χ3v) is 16.2. The zero-order valence-corrected chi connectivity index (χ0v) is 64.0. The number of rotatable bonds is 67. The molecule has 17 nitrogen and oxygen atoms in total. The number of carbonyl (C=O) groups excluding carboxylic acids is 4. The average molecular weight is 1460 g/mol. The number of unbranched alkanes of at least 4 members (excludes halogenated alkanes) is 8. The predicted molar refractivity (Wildman–Crippen MR) is 417 cm³/mol. The van der Waals surface area contributed by atoms with E-state index in [0.717, 1.165) is 141 Å². The Kier molecular flexibility index (Phi) is 68.4. The van der Waals surface area contributed by atoms with Crippen molar-refractivity contribution in [3.05, 3.63) is 207 Å². The Morgan fingerprint density at radius 3 is 0.931 bits per heavy atom. The highest BCUT2D eigenvalue weighted by molar-refractivity contribution is 7.47. The first-order valence-corrected chi connectivity index (χ1v) is 40.3. The first-order chi connectivity index (χ1) is 49.7. The van der Waals surface area contributed by atoms with E-state index in [0.29, 0.717) is 38.5 Å². The molecule has 572 valence electrons. The first kappa shape index (κ1) is 95.6. The van der Waals surface area contributed by atoms with Crippen LogP contribution in [0.4, 0.5) is 0 Å². The van der Waals surface area contributed by atoms with Crippen LogP contribution in [0.2, 0.25) is 0 Å². The fourth-order valence-corrected chi connectivity index (χ4v) is 10.3. The highest BCUT2D eigenvalue weighted by atomic mass is 31.2. The van der Waals surface area contributed by atoms with Gasteiger partial charge in [0.2, 0.25) is 0 Å². The smallest absolute Gasteiger partial charge is 0.462 e. The molecule has 0 fully saturated rings. The summed E-state index contributed by atoms with van der Waals surface area (Å²) in [5.74, 6) is -2.52. The number of ether oxygens (including phenoxy) is 4. The summed E-state index contributed by atoms with van der Waals surface area (Å²) >= 11 is 0. The van der Waals surface area contributed by atoms with Crippen molar-refractivity contribution in [2.75, 3.05) is 39.6 Å². The van der Waals surface area contributed by atoms with E-state index < -0.39 is 97.5 Å². The molecule has 0 radical (unpaired) electrons. The molecule has 0 rings (SSSR count). The molecule has 0 bridgehead atoms. The van der Waals surface area contributed by atoms with Crippen LogP contribution in [0.1, 0.15) is 233 Å². The summed E-state index contributed by atoms with van der Waals surface area (Å²) in [6, 6.07) is 0. The van der Waals surface area contributed by atoms with Gasteiger partial charge in [-0.15, -0.1) is 0 Å². The molecule has 5 unspecified atom stereocenters. The van der Waals surface area contributed by atoms with Crippen molar-refractivity contribution in [2.45, 2.75) is 251 Å². The lowest BCUT2D eigenvalue weighted by Crippen LogP contribution is -2.30. The molecule has 0 aliphatic rings. The molecule has 0 heterocycles. The van der Waals surface area contributed by atoms with Gasteiger partial charge in [0.15, 0.2) is 12.2 Å². The van der Waals surface area contributed by atoms with Gasteiger partial charge >= 0.3 is 39.5 Å². The maximum atomic E-state index is 13.1. The Morgan fingerprint density at radius 2 is 0.569 bits per heavy atom. The van der Waals surface area contributed by atoms with Crippen LogP contribution in [0.15, 0.2) is 207 Å². The van der Waals surface area contributed by atoms with Crippen LogP contribution in [0.5, 0.6) is 0 Å². The zero-order chi connectivity index (χ0) is 74.6. The lowest BCUT2D eigenvalue weighted by molar-refractivity contribution is -0.161. The highest BCUT2D eigenvalue weighted by Crippen LogP contribution is 2.45. The molecule has 0 amide bonds. The summed E-state index contributed by atoms with van der Waals surface area (Å²) in [5.41, 5.74) is 0. The number of allylic oxidation sites excluding steroid dienone is 33. The van der Waals surface area contributed by atoms with E-state index >= 15 is 0 Å². The van der Waals surface area contributed by atoms with Gasteiger partial charge < -0.3 is 33.8 Å². The molecular formula is C83H128O17P2. The zero-order valence-electron chi connectivity index (χ0n) is 62.2. The maximum Gasteiger partial charge on any atom is 0.472 e. The quantitative estimate of drug-likeness (QED) is 0.0169. The minimum Gasteiger partial charge on any atom is -0.462 e. The average Bonchev–Trinajstić information content (AvgIpc) is 0.908. The van der Waals surface area contributed by atoms with Crippen LogP contribution in [0.3, 0.4) is 0 Å². The van der Waals surface area contributed by atoms with Crippen molar-refractivity contribution in [2.24, 2.45) is 0 Å². The fourth-order valence-electron chi connectivity index (χ4n) is 8.70. The summed E-state index contributed by atoms with van der Waals surface area (Å²) in [6.07, 6.45) is 90.2. The van der Waals surface area contributed by atoms with E-state index in [4.69, 9.17) is 37.0 Å². The van der Waals surface area contributed by atoms with E-state index in [1.807, 2.05) is 42.5 Å². The number of phosphoric acid groups is 2. The third-order valence-electron chi connectivity index (χ3n) is 14.3. The summed E-state index contributed by atoms with van der Waals surface area (Å²) in [5, 5.41) is 10.6. The van der Waals surface area contributed by atoms with Crippen molar-refractivity contribution in [3.8, 4) is 0 Å². The van der Waals surface area contributed by atoms with Gasteiger partial charge in [0, 0.05) is 19.3 Å². The van der Waals surface area contributed by atoms with Crippen LogP contribution in [-0.4, -0.2) is 96.7 Å². The molecule has 0 aromatic heterocycles. The van der Waals surface area contributed by atoms with Gasteiger partial charge in [0.05, 0.1) is 32.8 Å². The van der Waals surface area contributed by atoms with Crippen LogP contribution in [0.25, 0.3) is 0 Å². The van der Waals surface area contributed by atoms with Gasteiger partial charge in [-0.1, -0.05) is 260 Å². The SMILES string of the molecule is CC/C=C\C/C=C\C/C=C\C/C=C\C/C=C\C/C=C\CCC(=O)OCC(COP(=O)(O)OCC(O)COP(=O)(O)OCC(COC(=O)C/C=C\C/C=C\C/C=C\C/C=C\C/C=C\CC)OC(=O)CCCC/C=C\C/C=C\C/C=C\C/C=C\CC)OC(=O)CCCCCCC/C=C\C/C=C\CCC. The maximum absolute atomic E-state index is 13.1. The van der Waals surface area contributed by atoms with Crippen LogP contribution in [-0.2, 0) is 65.4 Å². The second-order valence-electron chi connectivity index (χ2n) is 23.8. The third kappa shape index (κ3) is 72.0. The Bertz CT molecular complexity index is 2750. The molecule has 5 atom stereocenters. The molecule has 3 N–H and O–H groups in total. The first-order valence-electron chi connectivity index (χ1n) is 37.3. The Morgan fingerprint density at radius 1 is 0.294 bits per heavy atom. The number of hydrogen-bond donors (Lipinski definition) is 3. The molecule has 0 aromatic rings. The standard InChI is InChI=1S/C83H128O17P2/c1-5-9-13-17-21-25-29-33-36-37-38-39-42-45-48-52-56-60-64-68-81(86)94-73-78(99-82(87)69-65-61-57-53-49-43-32-28-24-20-16-12-8-4)75-97-101(89,90)95-71-77(84)72-96-102(91,92)98-76-79(100-83(88)70-66-62-58-54-50-46-41-35-31-27-23-19-15-11-7-3)74-93-80(85)67-63-59-55-51-47-44-40-34-30-26-22-18-14-10-6-2/h9-11,13-16,20-23,25-28,32-36,38-41,45,47-48,50-51,54,56,59-60,63,77-79,84H,5-8,12,17-19,24,29-31,37,42-44,46,49,52-53,55,57-58,61-62,64-76H2,1-4H3,(H,89,90)(H,91,92)/b13-9-,14-10-,15-11-,20-16-,25-21-,26-22-,27-23-,32-28-,36-33-,39-38-,40-34-,41-35-,48-45-,51-47-,54-50-,60-56-,63-59-. The summed E-state index contributed by atoms with van der Waals surface area (Å²) in [4.78, 5) is 72.7. The van der Waals surface area contributed by atoms with Gasteiger partial charge in [-0.05, 0) is 154 Å². The number of carbonyl (C=O) groups is 4. The number of phosphoric ester groups is 2. The molecule has 0 saturated carbocycles. The molecule has 0 aliphatic heterocycles. The molecular weight excluding hydrogens is 1330 g/mol. The monoisotopic (exact) mass is 1460 g/mol. The number of esters is 4. The van der Waals surface area contributed by atoms with Crippen LogP contribution < -0.4 is 0 Å². The summed E-state index contributed by atoms with van der Waals surface area (Å²) in [6.45, 7) is 4.13. The molecule has 102 heavy (non-hydrogen) atoms. The van der Waals surface area contributed by atoms with E-state index in [2.05, 4.69) is 186 Å². The van der Waals surface area contributed by atoms with Crippen LogP contribution >= 0.6 is 15.6 Å². The van der Waals surface area contributed by atoms with Gasteiger partial charge in [-0.3, -0.25) is 37.3 Å².